The van der Waals surface area contributed by atoms with Crippen LogP contribution in [0.3, 0.4) is 0 Å². The van der Waals surface area contributed by atoms with Gasteiger partial charge in [-0.25, -0.2) is 0 Å². The van der Waals surface area contributed by atoms with Gasteiger partial charge in [-0.2, -0.15) is 0 Å². The van der Waals surface area contributed by atoms with Gasteiger partial charge in [-0.05, 0) is 42.2 Å². The fourth-order valence-electron chi connectivity index (χ4n) is 2.16. The molecule has 0 amide bonds. The number of allylic oxidation sites excluding steroid dienone is 4. The molecule has 1 aliphatic carbocycles. The van der Waals surface area contributed by atoms with Crippen molar-refractivity contribution in [3.05, 3.63) is 58.0 Å². The number of aryl methyl sites for hydroxylation is 1. The Morgan fingerprint density at radius 3 is 2.82 bits per heavy atom. The van der Waals surface area contributed by atoms with Crippen molar-refractivity contribution in [3.63, 3.8) is 0 Å². The molecule has 1 aromatic carbocycles. The van der Waals surface area contributed by atoms with E-state index in [1.54, 1.807) is 0 Å². The predicted molar refractivity (Wildman–Crippen MR) is 76.0 cm³/mol. The van der Waals surface area contributed by atoms with E-state index in [4.69, 9.17) is 0 Å². The molecule has 1 aromatic rings. The number of rotatable bonds is 0. The van der Waals surface area contributed by atoms with Crippen LogP contribution in [0.4, 0.5) is 0 Å². The first-order valence-electron chi connectivity index (χ1n) is 6.29. The standard InChI is InChI=1S/C17H20/c1-13-8-5-4-6-11-17-14(2)9-7-10-16(17)12-15(13)3/h4-5,7-12,15H,6H2,1-3H3/b5-4-,13-8-,16-12-,17-11-. The zero-order chi connectivity index (χ0) is 12.3. The maximum Gasteiger partial charge on any atom is -0.00421 e. The monoisotopic (exact) mass is 224 g/mol. The van der Waals surface area contributed by atoms with Gasteiger partial charge < -0.3 is 0 Å². The molecule has 17 heavy (non-hydrogen) atoms. The van der Waals surface area contributed by atoms with Crippen molar-refractivity contribution in [2.45, 2.75) is 27.2 Å². The van der Waals surface area contributed by atoms with Crippen LogP contribution in [-0.4, -0.2) is 0 Å². The number of hydrogen-bond donors (Lipinski definition) is 0. The Morgan fingerprint density at radius 2 is 2.00 bits per heavy atom. The molecule has 0 aromatic heterocycles. The van der Waals surface area contributed by atoms with E-state index >= 15 is 0 Å². The average Bonchev–Trinajstić information content (AvgIpc) is 2.31. The van der Waals surface area contributed by atoms with Gasteiger partial charge >= 0.3 is 0 Å². The van der Waals surface area contributed by atoms with Crippen LogP contribution in [0.25, 0.3) is 12.2 Å². The maximum absolute atomic E-state index is 2.36. The summed E-state index contributed by atoms with van der Waals surface area (Å²) in [6.45, 7) is 6.64. The van der Waals surface area contributed by atoms with E-state index in [0.717, 1.165) is 6.42 Å². The first-order chi connectivity index (χ1) is 8.18. The molecule has 0 saturated heterocycles. The van der Waals surface area contributed by atoms with Gasteiger partial charge in [-0.3, -0.25) is 0 Å². The van der Waals surface area contributed by atoms with Crippen LogP contribution in [0.2, 0.25) is 0 Å². The van der Waals surface area contributed by atoms with E-state index in [0.29, 0.717) is 5.92 Å². The second-order valence-corrected chi connectivity index (χ2v) is 4.81. The lowest BCUT2D eigenvalue weighted by Gasteiger charge is -2.07. The van der Waals surface area contributed by atoms with Gasteiger partial charge in [0.1, 0.15) is 0 Å². The molecular formula is C17H20. The van der Waals surface area contributed by atoms with Crippen molar-refractivity contribution in [2.24, 2.45) is 5.92 Å². The Hall–Kier alpha value is -1.56. The Morgan fingerprint density at radius 1 is 1.18 bits per heavy atom. The van der Waals surface area contributed by atoms with Crippen LogP contribution in [-0.2, 0) is 0 Å². The predicted octanol–water partition coefficient (Wildman–Crippen LogP) is 3.10. The zero-order valence-electron chi connectivity index (χ0n) is 10.9. The third-order valence-electron chi connectivity index (χ3n) is 3.46. The van der Waals surface area contributed by atoms with Crippen LogP contribution >= 0.6 is 0 Å². The van der Waals surface area contributed by atoms with Crippen LogP contribution in [0.15, 0.2) is 42.0 Å². The largest absolute Gasteiger partial charge is 0.0807 e. The smallest absolute Gasteiger partial charge is 0.00421 e. The summed E-state index contributed by atoms with van der Waals surface area (Å²) in [5.74, 6) is 0.492. The summed E-state index contributed by atoms with van der Waals surface area (Å²) in [6.07, 6.45) is 12.3. The molecule has 88 valence electrons. The minimum Gasteiger partial charge on any atom is -0.0807 e. The van der Waals surface area contributed by atoms with Gasteiger partial charge in [0.25, 0.3) is 0 Å². The molecule has 1 aliphatic rings. The van der Waals surface area contributed by atoms with Gasteiger partial charge in [0.2, 0.25) is 0 Å². The lowest BCUT2D eigenvalue weighted by molar-refractivity contribution is 0.908. The minimum absolute atomic E-state index is 0.492. The summed E-state index contributed by atoms with van der Waals surface area (Å²) in [4.78, 5) is 0. The van der Waals surface area contributed by atoms with E-state index in [9.17, 15) is 0 Å². The Kier molecular flexibility index (Phi) is 3.63. The zero-order valence-corrected chi connectivity index (χ0v) is 10.9. The molecular weight excluding hydrogens is 204 g/mol. The Balaban J connectivity index is 2.69. The van der Waals surface area contributed by atoms with E-state index in [-0.39, 0.29) is 0 Å². The quantitative estimate of drug-likeness (QED) is 0.635. The Bertz CT molecular complexity index is 571. The fourth-order valence-corrected chi connectivity index (χ4v) is 2.16. The summed E-state index contributed by atoms with van der Waals surface area (Å²) >= 11 is 0. The molecule has 0 heteroatoms. The lowest BCUT2D eigenvalue weighted by atomic mass is 9.98. The molecule has 0 radical (unpaired) electrons. The average molecular weight is 224 g/mol. The molecule has 0 heterocycles. The highest BCUT2D eigenvalue weighted by Crippen LogP contribution is 2.11. The highest BCUT2D eigenvalue weighted by atomic mass is 14.1. The van der Waals surface area contributed by atoms with Gasteiger partial charge in [0, 0.05) is 0 Å². The van der Waals surface area contributed by atoms with Crippen molar-refractivity contribution in [1.29, 1.82) is 0 Å². The number of benzene rings is 1. The third-order valence-corrected chi connectivity index (χ3v) is 3.46. The summed E-state index contributed by atoms with van der Waals surface area (Å²) in [6, 6.07) is 6.55. The van der Waals surface area contributed by atoms with Crippen LogP contribution < -0.4 is 10.4 Å². The minimum atomic E-state index is 0.492. The second kappa shape index (κ2) is 5.18. The fraction of sp³-hybridized carbons (Fsp3) is 0.294. The first kappa shape index (κ1) is 11.9. The number of hydrogen-bond acceptors (Lipinski definition) is 0. The van der Waals surface area contributed by atoms with E-state index in [1.165, 1.54) is 21.6 Å². The van der Waals surface area contributed by atoms with Gasteiger partial charge in [-0.1, -0.05) is 61.1 Å². The molecule has 0 spiro atoms. The molecule has 0 N–H and O–H groups in total. The molecule has 0 aliphatic heterocycles. The summed E-state index contributed by atoms with van der Waals surface area (Å²) < 4.78 is 0. The van der Waals surface area contributed by atoms with Crippen LogP contribution in [0.1, 0.15) is 25.8 Å². The van der Waals surface area contributed by atoms with E-state index < -0.39 is 0 Å². The second-order valence-electron chi connectivity index (χ2n) is 4.81. The van der Waals surface area contributed by atoms with Crippen molar-refractivity contribution in [3.8, 4) is 0 Å². The molecule has 1 unspecified atom stereocenters. The van der Waals surface area contributed by atoms with Crippen molar-refractivity contribution >= 4 is 12.2 Å². The third kappa shape index (κ3) is 2.76. The van der Waals surface area contributed by atoms with Crippen molar-refractivity contribution < 1.29 is 0 Å². The first-order valence-corrected chi connectivity index (χ1v) is 6.29. The molecule has 1 atom stereocenters. The number of fused-ring (bicyclic) bond motifs is 1. The van der Waals surface area contributed by atoms with Crippen LogP contribution in [0.5, 0.6) is 0 Å². The molecule has 0 saturated carbocycles. The van der Waals surface area contributed by atoms with Gasteiger partial charge in [0.15, 0.2) is 0 Å². The maximum atomic E-state index is 2.36. The lowest BCUT2D eigenvalue weighted by Crippen LogP contribution is -2.28. The SMILES string of the molecule is C/C1=C/C=C\C/C=c2/c(C)ccc/c2=C/C1C. The van der Waals surface area contributed by atoms with E-state index in [1.807, 2.05) is 0 Å². The van der Waals surface area contributed by atoms with Crippen molar-refractivity contribution in [2.75, 3.05) is 0 Å². The van der Waals surface area contributed by atoms with Gasteiger partial charge in [-0.15, -0.1) is 0 Å². The van der Waals surface area contributed by atoms with E-state index in [2.05, 4.69) is 69.4 Å². The summed E-state index contributed by atoms with van der Waals surface area (Å²) in [5.41, 5.74) is 2.78. The summed E-state index contributed by atoms with van der Waals surface area (Å²) in [7, 11) is 0. The highest BCUT2D eigenvalue weighted by molar-refractivity contribution is 5.41. The molecule has 0 bridgehead atoms. The normalized spacial score (nSPS) is 28.6. The van der Waals surface area contributed by atoms with Gasteiger partial charge in [0.05, 0.1) is 0 Å². The molecule has 0 nitrogen and oxygen atoms in total. The van der Waals surface area contributed by atoms with Crippen molar-refractivity contribution in [1.82, 2.24) is 0 Å². The van der Waals surface area contributed by atoms with Crippen LogP contribution in [0, 0.1) is 12.8 Å². The topological polar surface area (TPSA) is 0 Å². The Labute approximate surface area is 104 Å². The highest BCUT2D eigenvalue weighted by Gasteiger charge is 2.00. The molecule has 0 fully saturated rings. The summed E-state index contributed by atoms with van der Waals surface area (Å²) in [5, 5.41) is 2.75. The molecule has 2 rings (SSSR count).